The maximum atomic E-state index is 10.3. The Morgan fingerprint density at radius 1 is 1.07 bits per heavy atom. The van der Waals surface area contributed by atoms with Crippen LogP contribution in [-0.4, -0.2) is 11.2 Å². The van der Waals surface area contributed by atoms with Crippen LogP contribution in [0.3, 0.4) is 0 Å². The van der Waals surface area contributed by atoms with Gasteiger partial charge in [0.25, 0.3) is 0 Å². The lowest BCUT2D eigenvalue weighted by Crippen LogP contribution is -2.49. The second kappa shape index (κ2) is 8.42. The Morgan fingerprint density at radius 2 is 1.77 bits per heavy atom. The third-order valence-electron chi connectivity index (χ3n) is 10.8. The molecular weight excluding hydrogens is 364 g/mol. The van der Waals surface area contributed by atoms with E-state index in [1.165, 1.54) is 51.4 Å². The van der Waals surface area contributed by atoms with Crippen molar-refractivity contribution in [3.05, 3.63) is 23.3 Å². The molecule has 170 valence electrons. The first-order chi connectivity index (χ1) is 14.2. The summed E-state index contributed by atoms with van der Waals surface area (Å²) in [6.07, 6.45) is 17.9. The number of rotatable bonds is 5. The van der Waals surface area contributed by atoms with Crippen molar-refractivity contribution in [3.63, 3.8) is 0 Å². The monoisotopic (exact) mass is 412 g/mol. The van der Waals surface area contributed by atoms with Gasteiger partial charge in [0.2, 0.25) is 0 Å². The molecule has 0 amide bonds. The van der Waals surface area contributed by atoms with Crippen molar-refractivity contribution in [1.29, 1.82) is 0 Å². The molecule has 1 N–H and O–H groups in total. The number of aliphatic hydroxyl groups is 1. The van der Waals surface area contributed by atoms with E-state index >= 15 is 0 Å². The highest BCUT2D eigenvalue weighted by Crippen LogP contribution is 2.67. The van der Waals surface area contributed by atoms with Crippen LogP contribution in [0.15, 0.2) is 23.3 Å². The predicted octanol–water partition coefficient (Wildman–Crippen LogP) is 7.94. The number of fused-ring (bicyclic) bond motifs is 5. The summed E-state index contributed by atoms with van der Waals surface area (Å²) in [6.45, 7) is 14.7. The SMILES string of the molecule is CC=C(CC[C@@H](C)[C@H]1CC[C@H]2C3=CCC4CC(O)CC[C@]4(C)[C@H]3CC[C@]12C)C(C)C. The van der Waals surface area contributed by atoms with Crippen LogP contribution in [-0.2, 0) is 0 Å². The van der Waals surface area contributed by atoms with Crippen LogP contribution >= 0.6 is 0 Å². The first-order valence-corrected chi connectivity index (χ1v) is 13.2. The third kappa shape index (κ3) is 3.66. The largest absolute Gasteiger partial charge is 0.393 e. The van der Waals surface area contributed by atoms with Gasteiger partial charge in [-0.3, -0.25) is 0 Å². The molecule has 1 heteroatoms. The van der Waals surface area contributed by atoms with Gasteiger partial charge < -0.3 is 5.11 Å². The molecule has 1 nitrogen and oxygen atoms in total. The first kappa shape index (κ1) is 22.6. The first-order valence-electron chi connectivity index (χ1n) is 13.2. The second-order valence-corrected chi connectivity index (χ2v) is 12.4. The third-order valence-corrected chi connectivity index (χ3v) is 10.8. The lowest BCUT2D eigenvalue weighted by atomic mass is 9.47. The molecule has 0 aliphatic heterocycles. The molecule has 0 aromatic heterocycles. The van der Waals surface area contributed by atoms with Crippen LogP contribution in [0.2, 0.25) is 0 Å². The van der Waals surface area contributed by atoms with Gasteiger partial charge in [-0.1, -0.05) is 57.9 Å². The molecule has 0 spiro atoms. The Labute approximate surface area is 186 Å². The van der Waals surface area contributed by atoms with Crippen molar-refractivity contribution in [1.82, 2.24) is 0 Å². The van der Waals surface area contributed by atoms with Crippen LogP contribution in [0.4, 0.5) is 0 Å². The zero-order valence-electron chi connectivity index (χ0n) is 20.7. The van der Waals surface area contributed by atoms with Crippen LogP contribution < -0.4 is 0 Å². The van der Waals surface area contributed by atoms with Crippen molar-refractivity contribution >= 4 is 0 Å². The van der Waals surface area contributed by atoms with Gasteiger partial charge in [-0.25, -0.2) is 0 Å². The van der Waals surface area contributed by atoms with Crippen molar-refractivity contribution in [2.75, 3.05) is 0 Å². The highest BCUT2D eigenvalue weighted by molar-refractivity contribution is 5.27. The number of allylic oxidation sites excluding steroid dienone is 4. The molecule has 30 heavy (non-hydrogen) atoms. The van der Waals surface area contributed by atoms with Gasteiger partial charge in [-0.15, -0.1) is 0 Å². The molecule has 0 heterocycles. The molecule has 0 saturated heterocycles. The van der Waals surface area contributed by atoms with Gasteiger partial charge in [0, 0.05) is 0 Å². The van der Waals surface area contributed by atoms with Gasteiger partial charge in [-0.2, -0.15) is 0 Å². The topological polar surface area (TPSA) is 20.2 Å². The smallest absolute Gasteiger partial charge is 0.0543 e. The highest BCUT2D eigenvalue weighted by Gasteiger charge is 2.58. The van der Waals surface area contributed by atoms with Crippen molar-refractivity contribution in [3.8, 4) is 0 Å². The molecule has 3 saturated carbocycles. The summed E-state index contributed by atoms with van der Waals surface area (Å²) in [4.78, 5) is 0. The Balaban J connectivity index is 1.50. The van der Waals surface area contributed by atoms with E-state index in [1.54, 1.807) is 5.57 Å². The minimum Gasteiger partial charge on any atom is -0.393 e. The molecule has 3 fully saturated rings. The van der Waals surface area contributed by atoms with Crippen molar-refractivity contribution < 1.29 is 5.11 Å². The minimum atomic E-state index is -0.0449. The molecule has 0 aromatic rings. The van der Waals surface area contributed by atoms with E-state index in [2.05, 4.69) is 53.7 Å². The highest BCUT2D eigenvalue weighted by atomic mass is 16.3. The fraction of sp³-hybridized carbons (Fsp3) is 0.862. The van der Waals surface area contributed by atoms with E-state index in [0.717, 1.165) is 36.5 Å². The van der Waals surface area contributed by atoms with Crippen molar-refractivity contribution in [2.45, 2.75) is 112 Å². The summed E-state index contributed by atoms with van der Waals surface area (Å²) in [5.41, 5.74) is 4.49. The minimum absolute atomic E-state index is 0.0449. The average Bonchev–Trinajstić information content (AvgIpc) is 3.06. The van der Waals surface area contributed by atoms with Gasteiger partial charge >= 0.3 is 0 Å². The maximum Gasteiger partial charge on any atom is 0.0543 e. The summed E-state index contributed by atoms with van der Waals surface area (Å²) >= 11 is 0. The number of hydrogen-bond acceptors (Lipinski definition) is 1. The van der Waals surface area contributed by atoms with E-state index in [1.807, 2.05) is 5.57 Å². The quantitative estimate of drug-likeness (QED) is 0.454. The number of aliphatic hydroxyl groups excluding tert-OH is 1. The molecule has 0 aromatic carbocycles. The van der Waals surface area contributed by atoms with E-state index in [9.17, 15) is 5.11 Å². The summed E-state index contributed by atoms with van der Waals surface area (Å²) in [6, 6.07) is 0. The Bertz CT molecular complexity index is 686. The average molecular weight is 413 g/mol. The van der Waals surface area contributed by atoms with E-state index < -0.39 is 0 Å². The molecule has 4 aliphatic rings. The zero-order valence-corrected chi connectivity index (χ0v) is 20.7. The lowest BCUT2D eigenvalue weighted by Gasteiger charge is -2.57. The predicted molar refractivity (Wildman–Crippen MR) is 128 cm³/mol. The van der Waals surface area contributed by atoms with E-state index in [-0.39, 0.29) is 6.10 Å². The zero-order chi connectivity index (χ0) is 21.7. The van der Waals surface area contributed by atoms with Crippen LogP contribution in [0, 0.1) is 46.3 Å². The molecule has 8 atom stereocenters. The van der Waals surface area contributed by atoms with E-state index in [0.29, 0.717) is 22.7 Å². The van der Waals surface area contributed by atoms with Gasteiger partial charge in [0.1, 0.15) is 0 Å². The summed E-state index contributed by atoms with van der Waals surface area (Å²) < 4.78 is 0. The molecule has 2 unspecified atom stereocenters. The van der Waals surface area contributed by atoms with Gasteiger partial charge in [-0.05, 0) is 117 Å². The lowest BCUT2D eigenvalue weighted by molar-refractivity contribution is -0.0427. The summed E-state index contributed by atoms with van der Waals surface area (Å²) in [5.74, 6) is 4.77. The fourth-order valence-electron chi connectivity index (χ4n) is 8.83. The van der Waals surface area contributed by atoms with Crippen LogP contribution in [0.1, 0.15) is 106 Å². The molecule has 0 radical (unpaired) electrons. The Hall–Kier alpha value is -0.560. The van der Waals surface area contributed by atoms with Gasteiger partial charge in [0.15, 0.2) is 0 Å². The van der Waals surface area contributed by atoms with Crippen molar-refractivity contribution in [2.24, 2.45) is 46.3 Å². The standard InChI is InChI=1S/C29H48O/c1-7-21(19(2)3)9-8-20(4)25-12-13-26-24-11-10-22-18-23(30)14-16-28(22,5)27(24)15-17-29(25,26)6/h7,11,19-20,22-23,25-27,30H,8-10,12-18H2,1-6H3/t20-,22?,23?,25-,26+,27+,28+,29-/m1/s1. The van der Waals surface area contributed by atoms with Crippen LogP contribution in [0.5, 0.6) is 0 Å². The summed E-state index contributed by atoms with van der Waals surface area (Å²) in [5, 5.41) is 10.3. The molecular formula is C29H48O. The maximum absolute atomic E-state index is 10.3. The second-order valence-electron chi connectivity index (χ2n) is 12.4. The number of hydrogen-bond donors (Lipinski definition) is 1. The molecule has 4 aliphatic carbocycles. The van der Waals surface area contributed by atoms with Crippen LogP contribution in [0.25, 0.3) is 0 Å². The molecule has 4 rings (SSSR count). The fourth-order valence-corrected chi connectivity index (χ4v) is 8.83. The molecule has 0 bridgehead atoms. The summed E-state index contributed by atoms with van der Waals surface area (Å²) in [7, 11) is 0. The van der Waals surface area contributed by atoms with E-state index in [4.69, 9.17) is 0 Å². The Kier molecular flexibility index (Phi) is 6.35. The normalized spacial score (nSPS) is 44.9. The van der Waals surface area contributed by atoms with Gasteiger partial charge in [0.05, 0.1) is 6.10 Å². The Morgan fingerprint density at radius 3 is 2.47 bits per heavy atom.